The Labute approximate surface area is 243 Å². The van der Waals surface area contributed by atoms with Gasteiger partial charge in [0.1, 0.15) is 22.9 Å². The normalized spacial score (nSPS) is 18.1. The number of methoxy groups -OCH3 is 1. The van der Waals surface area contributed by atoms with E-state index in [0.717, 1.165) is 43.3 Å². The van der Waals surface area contributed by atoms with Crippen molar-refractivity contribution in [3.05, 3.63) is 54.4 Å². The van der Waals surface area contributed by atoms with Crippen molar-refractivity contribution in [2.24, 2.45) is 0 Å². The number of amides is 2. The number of ether oxygens (including phenoxy) is 2. The standard InChI is InChI=1S/C29H33N9O4/c1-36-12-14-37(15-13-36)21-7-6-19(16-23(21)41-2)32-29-31-17-20-26(35-29)33-24-9-8-22-27(34-24)38(25(39)18-42-22)11-5-3-4-10-30-28(20)40/h4,6-10,16-17H,3,5,11-15,18H2,1-2H3,(H,30,40)(H2,31,32,33,34,35)/b10-4-. The van der Waals surface area contributed by atoms with E-state index in [1.54, 1.807) is 30.3 Å². The molecule has 6 rings (SSSR count). The van der Waals surface area contributed by atoms with Gasteiger partial charge in [-0.05, 0) is 44.2 Å². The molecule has 1 fully saturated rings. The molecule has 2 aromatic heterocycles. The summed E-state index contributed by atoms with van der Waals surface area (Å²) in [5.74, 6) is 2.11. The highest BCUT2D eigenvalue weighted by Gasteiger charge is 2.27. The summed E-state index contributed by atoms with van der Waals surface area (Å²) in [5.41, 5.74) is 1.99. The first-order chi connectivity index (χ1) is 20.5. The number of nitrogens with one attached hydrogen (secondary N) is 3. The summed E-state index contributed by atoms with van der Waals surface area (Å²) < 4.78 is 11.3. The quantitative estimate of drug-likeness (QED) is 0.426. The lowest BCUT2D eigenvalue weighted by molar-refractivity contribution is -0.121. The van der Waals surface area contributed by atoms with Gasteiger partial charge in [-0.25, -0.2) is 9.97 Å². The number of nitrogens with zero attached hydrogens (tertiary/aromatic N) is 6. The lowest BCUT2D eigenvalue weighted by Gasteiger charge is -2.34. The fraction of sp³-hybridized carbons (Fsp3) is 0.345. The second-order valence-corrected chi connectivity index (χ2v) is 10.3. The van der Waals surface area contributed by atoms with Gasteiger partial charge in [0.15, 0.2) is 18.2 Å². The van der Waals surface area contributed by atoms with E-state index in [1.165, 1.54) is 6.20 Å². The lowest BCUT2D eigenvalue weighted by Crippen LogP contribution is -2.44. The van der Waals surface area contributed by atoms with Crippen molar-refractivity contribution >= 4 is 46.6 Å². The highest BCUT2D eigenvalue weighted by Crippen LogP contribution is 2.34. The van der Waals surface area contributed by atoms with Crippen molar-refractivity contribution in [3.63, 3.8) is 0 Å². The number of benzene rings is 1. The minimum Gasteiger partial charge on any atom is -0.495 e. The van der Waals surface area contributed by atoms with E-state index in [1.807, 2.05) is 24.3 Å². The second kappa shape index (κ2) is 11.9. The molecule has 2 bridgehead atoms. The summed E-state index contributed by atoms with van der Waals surface area (Å²) in [6, 6.07) is 9.36. The van der Waals surface area contributed by atoms with Crippen molar-refractivity contribution in [1.82, 2.24) is 25.2 Å². The zero-order valence-electron chi connectivity index (χ0n) is 23.6. The maximum Gasteiger partial charge on any atom is 0.266 e. The molecule has 3 aliphatic rings. The van der Waals surface area contributed by atoms with E-state index in [4.69, 9.17) is 9.47 Å². The van der Waals surface area contributed by atoms with E-state index < -0.39 is 0 Å². The smallest absolute Gasteiger partial charge is 0.266 e. The van der Waals surface area contributed by atoms with E-state index in [0.29, 0.717) is 36.8 Å². The van der Waals surface area contributed by atoms with E-state index in [2.05, 4.69) is 47.7 Å². The Hall–Kier alpha value is -4.91. The van der Waals surface area contributed by atoms with Gasteiger partial charge in [-0.1, -0.05) is 6.08 Å². The van der Waals surface area contributed by atoms with Crippen LogP contribution in [0.1, 0.15) is 23.2 Å². The lowest BCUT2D eigenvalue weighted by atomic mass is 10.2. The van der Waals surface area contributed by atoms with Crippen LogP contribution in [0.2, 0.25) is 0 Å². The molecule has 3 aliphatic heterocycles. The first kappa shape index (κ1) is 27.3. The minimum atomic E-state index is -0.367. The molecule has 5 heterocycles. The maximum absolute atomic E-state index is 13.0. The highest BCUT2D eigenvalue weighted by atomic mass is 16.5. The zero-order valence-corrected chi connectivity index (χ0v) is 23.6. The summed E-state index contributed by atoms with van der Waals surface area (Å²) >= 11 is 0. The van der Waals surface area contributed by atoms with Crippen LogP contribution in [0.3, 0.4) is 0 Å². The molecule has 0 unspecified atom stereocenters. The van der Waals surface area contributed by atoms with E-state index in [-0.39, 0.29) is 35.8 Å². The maximum atomic E-state index is 13.0. The minimum absolute atomic E-state index is 0.0282. The van der Waals surface area contributed by atoms with Crippen LogP contribution in [-0.2, 0) is 4.79 Å². The first-order valence-electron chi connectivity index (χ1n) is 13.9. The number of anilines is 6. The van der Waals surface area contributed by atoms with Crippen molar-refractivity contribution in [2.45, 2.75) is 12.8 Å². The average Bonchev–Trinajstić information content (AvgIpc) is 3.00. The molecule has 0 radical (unpaired) electrons. The van der Waals surface area contributed by atoms with Crippen molar-refractivity contribution in [1.29, 1.82) is 0 Å². The molecular formula is C29H33N9O4. The Morgan fingerprint density at radius 2 is 1.90 bits per heavy atom. The SMILES string of the molecule is COc1cc(Nc2ncc3c(n2)Nc2ccc4c(n2)N(CCC/C=C\NC3=O)C(=O)CO4)ccc1N1CCN(C)CC1. The van der Waals surface area contributed by atoms with Gasteiger partial charge >= 0.3 is 0 Å². The Morgan fingerprint density at radius 3 is 2.74 bits per heavy atom. The topological polar surface area (TPSA) is 137 Å². The van der Waals surface area contributed by atoms with Gasteiger partial charge < -0.3 is 35.2 Å². The Kier molecular flexibility index (Phi) is 7.73. The Bertz CT molecular complexity index is 1520. The zero-order chi connectivity index (χ0) is 29.1. The highest BCUT2D eigenvalue weighted by molar-refractivity contribution is 6.00. The number of allylic oxidation sites excluding steroid dienone is 1. The van der Waals surface area contributed by atoms with Crippen LogP contribution >= 0.6 is 0 Å². The van der Waals surface area contributed by atoms with Gasteiger partial charge in [-0.15, -0.1) is 0 Å². The van der Waals surface area contributed by atoms with Crippen LogP contribution in [-0.4, -0.2) is 85.2 Å². The molecule has 0 aliphatic carbocycles. The monoisotopic (exact) mass is 571 g/mol. The van der Waals surface area contributed by atoms with E-state index in [9.17, 15) is 9.59 Å². The fourth-order valence-electron chi connectivity index (χ4n) is 5.06. The van der Waals surface area contributed by atoms with Gasteiger partial charge in [0.2, 0.25) is 5.95 Å². The summed E-state index contributed by atoms with van der Waals surface area (Å²) in [6.07, 6.45) is 6.28. The van der Waals surface area contributed by atoms with Crippen LogP contribution < -0.4 is 35.2 Å². The number of fused-ring (bicyclic) bond motifs is 2. The molecule has 13 heteroatoms. The average molecular weight is 572 g/mol. The van der Waals surface area contributed by atoms with Crippen LogP contribution in [0, 0.1) is 0 Å². The molecule has 0 atom stereocenters. The third-order valence-corrected chi connectivity index (χ3v) is 7.39. The molecule has 3 aromatic rings. The summed E-state index contributed by atoms with van der Waals surface area (Å²) in [5, 5.41) is 9.14. The predicted octanol–water partition coefficient (Wildman–Crippen LogP) is 2.88. The molecule has 42 heavy (non-hydrogen) atoms. The van der Waals surface area contributed by atoms with Crippen LogP contribution in [0.15, 0.2) is 48.8 Å². The Morgan fingerprint density at radius 1 is 1.05 bits per heavy atom. The first-order valence-corrected chi connectivity index (χ1v) is 13.9. The van der Waals surface area contributed by atoms with Crippen LogP contribution in [0.25, 0.3) is 0 Å². The second-order valence-electron chi connectivity index (χ2n) is 10.3. The van der Waals surface area contributed by atoms with Crippen molar-refractivity contribution < 1.29 is 19.1 Å². The van der Waals surface area contributed by atoms with Gasteiger partial charge in [-0.3, -0.25) is 14.5 Å². The Balaban J connectivity index is 1.30. The largest absolute Gasteiger partial charge is 0.495 e. The van der Waals surface area contributed by atoms with Gasteiger partial charge in [-0.2, -0.15) is 4.98 Å². The molecular weight excluding hydrogens is 538 g/mol. The summed E-state index contributed by atoms with van der Waals surface area (Å²) in [4.78, 5) is 45.6. The molecule has 2 amide bonds. The number of rotatable bonds is 4. The molecule has 13 nitrogen and oxygen atoms in total. The predicted molar refractivity (Wildman–Crippen MR) is 159 cm³/mol. The molecule has 0 saturated carbocycles. The fourth-order valence-corrected chi connectivity index (χ4v) is 5.06. The molecule has 0 spiro atoms. The number of hydrogen-bond donors (Lipinski definition) is 3. The summed E-state index contributed by atoms with van der Waals surface area (Å²) in [6.45, 7) is 4.27. The number of piperazine rings is 1. The number of likely N-dealkylation sites (N-methyl/N-ethyl adjacent to an activating group) is 1. The molecule has 1 aromatic carbocycles. The van der Waals surface area contributed by atoms with Gasteiger partial charge in [0.25, 0.3) is 11.8 Å². The van der Waals surface area contributed by atoms with Crippen molar-refractivity contribution in [2.75, 3.05) is 73.9 Å². The number of aromatic nitrogens is 3. The molecule has 1 saturated heterocycles. The number of carbonyl (C=O) groups excluding carboxylic acids is 2. The molecule has 218 valence electrons. The number of hydrogen-bond acceptors (Lipinski definition) is 11. The molecule has 3 N–H and O–H groups in total. The third kappa shape index (κ3) is 5.77. The van der Waals surface area contributed by atoms with Crippen molar-refractivity contribution in [3.8, 4) is 11.5 Å². The van der Waals surface area contributed by atoms with Gasteiger partial charge in [0.05, 0.1) is 12.8 Å². The van der Waals surface area contributed by atoms with E-state index >= 15 is 0 Å². The summed E-state index contributed by atoms with van der Waals surface area (Å²) in [7, 11) is 3.78. The van der Waals surface area contributed by atoms with Gasteiger partial charge in [0, 0.05) is 56.9 Å². The van der Waals surface area contributed by atoms with Crippen LogP contribution in [0.4, 0.5) is 34.8 Å². The van der Waals surface area contributed by atoms with Crippen LogP contribution in [0.5, 0.6) is 11.5 Å². The number of pyridine rings is 1. The number of carbonyl (C=O) groups is 2. The third-order valence-electron chi connectivity index (χ3n) is 7.39.